The summed E-state index contributed by atoms with van der Waals surface area (Å²) in [6.45, 7) is 1.50. The van der Waals surface area contributed by atoms with E-state index in [1.807, 2.05) is 11.9 Å². The van der Waals surface area contributed by atoms with Crippen molar-refractivity contribution in [3.8, 4) is 0 Å². The van der Waals surface area contributed by atoms with E-state index >= 15 is 0 Å². The fourth-order valence-electron chi connectivity index (χ4n) is 2.86. The minimum Gasteiger partial charge on any atom is -0.450 e. The Labute approximate surface area is 149 Å². The highest BCUT2D eigenvalue weighted by molar-refractivity contribution is 7.91. The second-order valence-electron chi connectivity index (χ2n) is 6.06. The zero-order valence-corrected chi connectivity index (χ0v) is 15.1. The molecule has 1 saturated heterocycles. The summed E-state index contributed by atoms with van der Waals surface area (Å²) in [5.41, 5.74) is 1.67. The van der Waals surface area contributed by atoms with Gasteiger partial charge in [-0.25, -0.2) is 13.4 Å². The van der Waals surface area contributed by atoms with Gasteiger partial charge in [0.25, 0.3) is 0 Å². The number of anilines is 2. The smallest absolute Gasteiger partial charge is 0.239 e. The van der Waals surface area contributed by atoms with Crippen molar-refractivity contribution >= 4 is 55.5 Å². The number of rotatable bonds is 4. The van der Waals surface area contributed by atoms with Crippen molar-refractivity contribution in [2.45, 2.75) is 6.04 Å². The number of furan rings is 1. The number of hydrogen-bond donors (Lipinski definition) is 2. The molecule has 1 aliphatic rings. The Kier molecular flexibility index (Phi) is 3.75. The first-order valence-electron chi connectivity index (χ1n) is 7.64. The summed E-state index contributed by atoms with van der Waals surface area (Å²) >= 11 is 6.09. The zero-order chi connectivity index (χ0) is 17.8. The largest absolute Gasteiger partial charge is 0.450 e. The molecule has 2 N–H and O–H groups in total. The molecular formula is C15H16ClN5O3S. The molecule has 132 valence electrons. The first kappa shape index (κ1) is 16.4. The van der Waals surface area contributed by atoms with Crippen LogP contribution in [-0.4, -0.2) is 50.8 Å². The van der Waals surface area contributed by atoms with Crippen molar-refractivity contribution in [3.05, 3.63) is 23.2 Å². The molecule has 0 aliphatic carbocycles. The van der Waals surface area contributed by atoms with Gasteiger partial charge in [-0.3, -0.25) is 4.72 Å². The first-order chi connectivity index (χ1) is 11.8. The molecule has 0 unspecified atom stereocenters. The van der Waals surface area contributed by atoms with Crippen LogP contribution < -0.4 is 14.9 Å². The summed E-state index contributed by atoms with van der Waals surface area (Å²) in [6, 6.07) is 5.60. The first-order valence-corrected chi connectivity index (χ1v) is 9.91. The van der Waals surface area contributed by atoms with E-state index in [9.17, 15) is 8.42 Å². The Balaban J connectivity index is 1.92. The number of likely N-dealkylation sites (N-methyl/N-ethyl adjacent to an activating group) is 1. The van der Waals surface area contributed by atoms with Crippen LogP contribution in [-0.2, 0) is 10.0 Å². The lowest BCUT2D eigenvalue weighted by Crippen LogP contribution is -2.57. The Morgan fingerprint density at radius 1 is 1.32 bits per heavy atom. The van der Waals surface area contributed by atoms with E-state index in [2.05, 4.69) is 20.0 Å². The molecule has 0 radical (unpaired) electrons. The predicted molar refractivity (Wildman–Crippen MR) is 97.8 cm³/mol. The Morgan fingerprint density at radius 3 is 2.76 bits per heavy atom. The maximum atomic E-state index is 11.6. The van der Waals surface area contributed by atoms with Crippen LogP contribution in [0.5, 0.6) is 0 Å². The molecule has 8 nitrogen and oxygen atoms in total. The molecule has 3 heterocycles. The van der Waals surface area contributed by atoms with Gasteiger partial charge in [-0.05, 0) is 25.2 Å². The van der Waals surface area contributed by atoms with Gasteiger partial charge in [-0.15, -0.1) is 0 Å². The van der Waals surface area contributed by atoms with E-state index in [4.69, 9.17) is 16.0 Å². The normalized spacial score (nSPS) is 15.7. The molecule has 25 heavy (non-hydrogen) atoms. The van der Waals surface area contributed by atoms with Crippen molar-refractivity contribution in [2.24, 2.45) is 0 Å². The summed E-state index contributed by atoms with van der Waals surface area (Å²) in [4.78, 5) is 10.7. The lowest BCUT2D eigenvalue weighted by molar-refractivity contribution is 0.446. The number of nitrogens with one attached hydrogen (secondary N) is 2. The predicted octanol–water partition coefficient (Wildman–Crippen LogP) is 1.81. The summed E-state index contributed by atoms with van der Waals surface area (Å²) in [7, 11) is -1.60. The number of hydrogen-bond acceptors (Lipinski definition) is 7. The minimum absolute atomic E-state index is 0.0144. The van der Waals surface area contributed by atoms with Crippen LogP contribution in [0.1, 0.15) is 0 Å². The minimum atomic E-state index is -3.50. The van der Waals surface area contributed by atoms with Gasteiger partial charge < -0.3 is 14.6 Å². The highest BCUT2D eigenvalue weighted by Gasteiger charge is 2.30. The van der Waals surface area contributed by atoms with Crippen LogP contribution in [0.25, 0.3) is 22.1 Å². The zero-order valence-electron chi connectivity index (χ0n) is 13.6. The van der Waals surface area contributed by atoms with Gasteiger partial charge >= 0.3 is 0 Å². The average molecular weight is 382 g/mol. The molecule has 0 atom stereocenters. The van der Waals surface area contributed by atoms with Crippen molar-refractivity contribution in [1.29, 1.82) is 0 Å². The highest BCUT2D eigenvalue weighted by atomic mass is 35.5. The molecule has 0 bridgehead atoms. The summed E-state index contributed by atoms with van der Waals surface area (Å²) in [5, 5.41) is 4.46. The number of aromatic nitrogens is 2. The van der Waals surface area contributed by atoms with E-state index < -0.39 is 10.0 Å². The van der Waals surface area contributed by atoms with Gasteiger partial charge in [-0.2, -0.15) is 4.98 Å². The van der Waals surface area contributed by atoms with Crippen LogP contribution in [0.2, 0.25) is 5.02 Å². The van der Waals surface area contributed by atoms with E-state index in [0.29, 0.717) is 39.0 Å². The molecular weight excluding hydrogens is 366 g/mol. The Morgan fingerprint density at radius 2 is 2.08 bits per heavy atom. The van der Waals surface area contributed by atoms with Crippen molar-refractivity contribution in [2.75, 3.05) is 36.0 Å². The van der Waals surface area contributed by atoms with E-state index in [-0.39, 0.29) is 5.95 Å². The fourth-order valence-corrected chi connectivity index (χ4v) is 3.46. The molecule has 2 aromatic heterocycles. The number of fused-ring (bicyclic) bond motifs is 3. The quantitative estimate of drug-likeness (QED) is 0.710. The van der Waals surface area contributed by atoms with Gasteiger partial charge in [0.05, 0.1) is 6.26 Å². The van der Waals surface area contributed by atoms with Crippen LogP contribution in [0, 0.1) is 0 Å². The molecule has 1 aromatic carbocycles. The molecule has 3 aromatic rings. The monoisotopic (exact) mass is 381 g/mol. The van der Waals surface area contributed by atoms with Gasteiger partial charge in [0, 0.05) is 29.5 Å². The number of sulfonamides is 1. The summed E-state index contributed by atoms with van der Waals surface area (Å²) in [5.74, 6) is 0.579. The van der Waals surface area contributed by atoms with Crippen LogP contribution in [0.3, 0.4) is 0 Å². The fraction of sp³-hybridized carbons (Fsp3) is 0.333. The standard InChI is InChI=1S/C15H16ClN5O3S/c1-17-9-6-21(7-9)14-13-12(18-15(19-14)20-25(2,22)23)10-5-8(16)3-4-11(10)24-13/h3-5,9,17H,6-7H2,1-2H3,(H,18,19,20). The maximum absolute atomic E-state index is 11.6. The van der Waals surface area contributed by atoms with Crippen LogP contribution in [0.4, 0.5) is 11.8 Å². The van der Waals surface area contributed by atoms with Gasteiger partial charge in [-0.1, -0.05) is 11.6 Å². The molecule has 1 aliphatic heterocycles. The van der Waals surface area contributed by atoms with Gasteiger partial charge in [0.1, 0.15) is 11.1 Å². The third kappa shape index (κ3) is 2.99. The molecule has 0 spiro atoms. The van der Waals surface area contributed by atoms with Crippen LogP contribution >= 0.6 is 11.6 Å². The third-order valence-corrected chi connectivity index (χ3v) is 4.91. The number of benzene rings is 1. The van der Waals surface area contributed by atoms with Crippen molar-refractivity contribution < 1.29 is 12.8 Å². The van der Waals surface area contributed by atoms with Crippen molar-refractivity contribution in [1.82, 2.24) is 15.3 Å². The number of halogens is 1. The molecule has 1 fully saturated rings. The second-order valence-corrected chi connectivity index (χ2v) is 8.24. The molecule has 4 rings (SSSR count). The third-order valence-electron chi connectivity index (χ3n) is 4.12. The lowest BCUT2D eigenvalue weighted by atomic mass is 10.1. The average Bonchev–Trinajstić information content (AvgIpc) is 2.83. The SMILES string of the molecule is CNC1CN(c2nc(NS(C)(=O)=O)nc3c2oc2ccc(Cl)cc23)C1. The van der Waals surface area contributed by atoms with Gasteiger partial charge in [0.15, 0.2) is 11.4 Å². The summed E-state index contributed by atoms with van der Waals surface area (Å²) < 4.78 is 31.5. The highest BCUT2D eigenvalue weighted by Crippen LogP contribution is 2.36. The maximum Gasteiger partial charge on any atom is 0.239 e. The van der Waals surface area contributed by atoms with Crippen molar-refractivity contribution in [3.63, 3.8) is 0 Å². The van der Waals surface area contributed by atoms with Crippen LogP contribution in [0.15, 0.2) is 22.6 Å². The van der Waals surface area contributed by atoms with E-state index in [0.717, 1.165) is 19.3 Å². The molecule has 10 heteroatoms. The molecule has 0 saturated carbocycles. The molecule has 0 amide bonds. The number of nitrogens with zero attached hydrogens (tertiary/aromatic N) is 3. The Hall–Kier alpha value is -2.10. The lowest BCUT2D eigenvalue weighted by Gasteiger charge is -2.39. The Bertz CT molecular complexity index is 1080. The van der Waals surface area contributed by atoms with E-state index in [1.54, 1.807) is 18.2 Å². The van der Waals surface area contributed by atoms with E-state index in [1.165, 1.54) is 0 Å². The second kappa shape index (κ2) is 5.72. The topological polar surface area (TPSA) is 100 Å². The van der Waals surface area contributed by atoms with Gasteiger partial charge in [0.2, 0.25) is 16.0 Å². The summed E-state index contributed by atoms with van der Waals surface area (Å²) in [6.07, 6.45) is 1.06.